The minimum Gasteiger partial charge on any atom is -0.388 e. The van der Waals surface area contributed by atoms with Crippen molar-refractivity contribution >= 4 is 26.6 Å². The number of aryl methyl sites for hydroxylation is 1. The van der Waals surface area contributed by atoms with Crippen molar-refractivity contribution in [3.8, 4) is 5.69 Å². The normalized spacial score (nSPS) is 12.5. The first kappa shape index (κ1) is 30.3. The van der Waals surface area contributed by atoms with Crippen molar-refractivity contribution < 1.29 is 13.5 Å². The Balaban J connectivity index is 1.55. The van der Waals surface area contributed by atoms with E-state index in [1.54, 1.807) is 53.4 Å². The molecule has 0 fully saturated rings. The van der Waals surface area contributed by atoms with Crippen LogP contribution in [0.5, 0.6) is 0 Å². The molecule has 9 nitrogen and oxygen atoms in total. The number of rotatable bonds is 14. The van der Waals surface area contributed by atoms with Gasteiger partial charge in [0.25, 0.3) is 10.0 Å². The number of nitrogens with one attached hydrogen (secondary N) is 1. The van der Waals surface area contributed by atoms with E-state index >= 15 is 0 Å². The fraction of sp³-hybridized carbons (Fsp3) is 0.303. The summed E-state index contributed by atoms with van der Waals surface area (Å²) in [6, 6.07) is 21.2. The van der Waals surface area contributed by atoms with Crippen LogP contribution in [-0.4, -0.2) is 40.7 Å². The van der Waals surface area contributed by atoms with E-state index in [0.717, 1.165) is 36.6 Å². The second-order valence-electron chi connectivity index (χ2n) is 10.7. The molecule has 0 saturated heterocycles. The Labute approximate surface area is 252 Å². The van der Waals surface area contributed by atoms with Crippen molar-refractivity contribution in [3.63, 3.8) is 0 Å². The van der Waals surface area contributed by atoms with Crippen LogP contribution in [0.4, 0.5) is 5.69 Å². The number of imidazole rings is 1. The zero-order valence-electron chi connectivity index (χ0n) is 24.4. The maximum absolute atomic E-state index is 14.2. The van der Waals surface area contributed by atoms with Crippen LogP contribution in [-0.2, 0) is 23.0 Å². The van der Waals surface area contributed by atoms with E-state index in [2.05, 4.69) is 11.9 Å². The fourth-order valence-electron chi connectivity index (χ4n) is 5.44. The summed E-state index contributed by atoms with van der Waals surface area (Å²) in [5.74, 6) is 0. The van der Waals surface area contributed by atoms with Crippen LogP contribution in [0.15, 0.2) is 101 Å². The maximum atomic E-state index is 14.2. The molecule has 1 unspecified atom stereocenters. The van der Waals surface area contributed by atoms with E-state index in [-0.39, 0.29) is 30.1 Å². The molecule has 10 heteroatoms. The number of H-pyrrole nitrogens is 1. The number of benzene rings is 3. The van der Waals surface area contributed by atoms with Crippen LogP contribution >= 0.6 is 0 Å². The molecule has 0 amide bonds. The number of sulfonamides is 1. The first-order chi connectivity index (χ1) is 20.8. The molecule has 5 aromatic rings. The average molecular weight is 602 g/mol. The van der Waals surface area contributed by atoms with E-state index in [1.807, 2.05) is 36.5 Å². The number of fused-ring (bicyclic) bond motifs is 1. The number of para-hydroxylation sites is 1. The number of hydrogen-bond donors (Lipinski definition) is 3. The van der Waals surface area contributed by atoms with Crippen molar-refractivity contribution in [2.45, 2.75) is 56.6 Å². The van der Waals surface area contributed by atoms with Gasteiger partial charge in [-0.25, -0.2) is 13.2 Å². The molecular formula is C33H39N5O4S. The molecule has 43 heavy (non-hydrogen) atoms. The minimum atomic E-state index is -4.08. The highest BCUT2D eigenvalue weighted by Gasteiger charge is 2.28. The Kier molecular flexibility index (Phi) is 9.49. The Morgan fingerprint density at radius 1 is 0.977 bits per heavy atom. The lowest BCUT2D eigenvalue weighted by Gasteiger charge is -2.26. The Bertz CT molecular complexity index is 1820. The third kappa shape index (κ3) is 6.61. The molecule has 226 valence electrons. The van der Waals surface area contributed by atoms with Crippen molar-refractivity contribution in [1.82, 2.24) is 14.1 Å². The number of nitrogens with zero attached hydrogens (tertiary/aromatic N) is 3. The molecule has 2 aromatic heterocycles. The second-order valence-corrected chi connectivity index (χ2v) is 12.6. The number of aromatic amines is 1. The van der Waals surface area contributed by atoms with Crippen LogP contribution in [0.2, 0.25) is 0 Å². The van der Waals surface area contributed by atoms with Gasteiger partial charge in [-0.1, -0.05) is 50.5 Å². The molecule has 4 N–H and O–H groups in total. The number of aliphatic hydroxyl groups excluding tert-OH is 1. The van der Waals surface area contributed by atoms with Crippen LogP contribution in [0.1, 0.15) is 49.8 Å². The fourth-order valence-corrected chi connectivity index (χ4v) is 7.14. The van der Waals surface area contributed by atoms with Crippen LogP contribution in [0, 0.1) is 0 Å². The predicted octanol–water partition coefficient (Wildman–Crippen LogP) is 5.13. The van der Waals surface area contributed by atoms with Gasteiger partial charge in [0.15, 0.2) is 0 Å². The zero-order valence-corrected chi connectivity index (χ0v) is 25.2. The number of anilines is 1. The summed E-state index contributed by atoms with van der Waals surface area (Å²) >= 11 is 0. The molecule has 0 spiro atoms. The summed E-state index contributed by atoms with van der Waals surface area (Å²) in [5.41, 5.74) is 8.71. The van der Waals surface area contributed by atoms with Crippen LogP contribution in [0.3, 0.4) is 0 Å². The number of nitrogens with two attached hydrogens (primary N) is 1. The summed E-state index contributed by atoms with van der Waals surface area (Å²) in [6.45, 7) is 2.98. The van der Waals surface area contributed by atoms with Gasteiger partial charge in [0.2, 0.25) is 0 Å². The Hall–Kier alpha value is -4.12. The van der Waals surface area contributed by atoms with Gasteiger partial charge in [0.05, 0.1) is 22.4 Å². The van der Waals surface area contributed by atoms with Crippen molar-refractivity contribution in [3.05, 3.63) is 113 Å². The van der Waals surface area contributed by atoms with Gasteiger partial charge >= 0.3 is 5.69 Å². The quantitative estimate of drug-likeness (QED) is 0.152. The van der Waals surface area contributed by atoms with E-state index < -0.39 is 16.1 Å². The lowest BCUT2D eigenvalue weighted by atomic mass is 10.00. The summed E-state index contributed by atoms with van der Waals surface area (Å²) in [7, 11) is -4.08. The summed E-state index contributed by atoms with van der Waals surface area (Å²) in [5, 5.41) is 12.3. The number of hydrogen-bond acceptors (Lipinski definition) is 5. The maximum Gasteiger partial charge on any atom is 0.332 e. The van der Waals surface area contributed by atoms with Gasteiger partial charge in [-0.3, -0.25) is 13.4 Å². The van der Waals surface area contributed by atoms with Gasteiger partial charge in [0.1, 0.15) is 0 Å². The number of aliphatic hydroxyl groups is 1. The largest absolute Gasteiger partial charge is 0.388 e. The average Bonchev–Trinajstić information content (AvgIpc) is 3.64. The van der Waals surface area contributed by atoms with Gasteiger partial charge in [0, 0.05) is 50.2 Å². The summed E-state index contributed by atoms with van der Waals surface area (Å²) < 4.78 is 32.9. The molecule has 0 radical (unpaired) electrons. The number of unbranched alkanes of at least 4 members (excludes halogenated alkanes) is 3. The third-order valence-corrected chi connectivity index (χ3v) is 9.67. The van der Waals surface area contributed by atoms with E-state index in [1.165, 1.54) is 14.9 Å². The summed E-state index contributed by atoms with van der Waals surface area (Å²) in [4.78, 5) is 16.5. The molecule has 0 bridgehead atoms. The first-order valence-electron chi connectivity index (χ1n) is 14.8. The highest BCUT2D eigenvalue weighted by molar-refractivity contribution is 7.92. The highest BCUT2D eigenvalue weighted by Crippen LogP contribution is 2.31. The molecular weight excluding hydrogens is 562 g/mol. The minimum absolute atomic E-state index is 0.0239. The SMILES string of the molecule is CCCCCCn1ccn(-c2ccc(S(=O)(=O)N(CCN)c3ccccc3)c(CC(O)c3ccc4[nH]ccc4c3)c2)c1=O. The molecule has 5 rings (SSSR count). The Morgan fingerprint density at radius 2 is 1.79 bits per heavy atom. The van der Waals surface area contributed by atoms with Crippen LogP contribution < -0.4 is 15.7 Å². The van der Waals surface area contributed by atoms with Gasteiger partial charge in [-0.05, 0) is 71.5 Å². The second kappa shape index (κ2) is 13.5. The lowest BCUT2D eigenvalue weighted by Crippen LogP contribution is -2.36. The standard InChI is InChI=1S/C33H39N5O4S/c1-2-3-4-8-18-36-20-21-37(33(36)40)29-12-14-32(43(41,42)38(19-16-34)28-9-6-5-7-10-28)27(23-29)24-31(39)26-11-13-30-25(22-26)15-17-35-30/h5-7,9-15,17,20-23,31,35,39H,2-4,8,16,18-19,24,34H2,1H3. The van der Waals surface area contributed by atoms with E-state index in [9.17, 15) is 18.3 Å². The zero-order chi connectivity index (χ0) is 30.4. The monoisotopic (exact) mass is 601 g/mol. The molecule has 0 aliphatic carbocycles. The Morgan fingerprint density at radius 3 is 2.56 bits per heavy atom. The van der Waals surface area contributed by atoms with Crippen molar-refractivity contribution in [2.75, 3.05) is 17.4 Å². The lowest BCUT2D eigenvalue weighted by molar-refractivity contribution is 0.178. The smallest absolute Gasteiger partial charge is 0.332 e. The number of aromatic nitrogens is 3. The predicted molar refractivity (Wildman–Crippen MR) is 171 cm³/mol. The molecule has 0 saturated carbocycles. The molecule has 0 aliphatic rings. The molecule has 0 aliphatic heterocycles. The molecule has 3 aromatic carbocycles. The topological polar surface area (TPSA) is 126 Å². The van der Waals surface area contributed by atoms with E-state index in [0.29, 0.717) is 29.0 Å². The first-order valence-corrected chi connectivity index (χ1v) is 16.2. The van der Waals surface area contributed by atoms with Crippen LogP contribution in [0.25, 0.3) is 16.6 Å². The molecule has 2 heterocycles. The van der Waals surface area contributed by atoms with Crippen molar-refractivity contribution in [1.29, 1.82) is 0 Å². The summed E-state index contributed by atoms with van der Waals surface area (Å²) in [6.07, 6.45) is 8.54. The van der Waals surface area contributed by atoms with Crippen molar-refractivity contribution in [2.24, 2.45) is 5.73 Å². The molecule has 1 atom stereocenters. The van der Waals surface area contributed by atoms with Gasteiger partial charge < -0.3 is 15.8 Å². The van der Waals surface area contributed by atoms with E-state index in [4.69, 9.17) is 5.73 Å². The van der Waals surface area contributed by atoms with Gasteiger partial charge in [-0.15, -0.1) is 0 Å². The van der Waals surface area contributed by atoms with Gasteiger partial charge in [-0.2, -0.15) is 0 Å². The highest BCUT2D eigenvalue weighted by atomic mass is 32.2. The third-order valence-electron chi connectivity index (χ3n) is 7.74.